The third kappa shape index (κ3) is 5.17. The lowest BCUT2D eigenvalue weighted by atomic mass is 10.0. The van der Waals surface area contributed by atoms with Gasteiger partial charge in [-0.1, -0.05) is 22.9 Å². The van der Waals surface area contributed by atoms with Crippen LogP contribution in [0.1, 0.15) is 31.4 Å². The van der Waals surface area contributed by atoms with E-state index < -0.39 is 18.0 Å². The van der Waals surface area contributed by atoms with Crippen LogP contribution in [0.4, 0.5) is 14.9 Å². The molecular formula is C26H28FN7O3. The fourth-order valence-electron chi connectivity index (χ4n) is 5.10. The molecule has 1 aromatic carbocycles. The molecule has 0 bridgehead atoms. The Morgan fingerprint density at radius 3 is 2.70 bits per heavy atom. The molecule has 3 aliphatic rings. The molecule has 1 amide bonds. The molecule has 0 saturated carbocycles. The lowest BCUT2D eigenvalue weighted by Crippen LogP contribution is -2.36. The van der Waals surface area contributed by atoms with Crippen LogP contribution >= 0.6 is 0 Å². The summed E-state index contributed by atoms with van der Waals surface area (Å²) in [6.07, 6.45) is 8.56. The van der Waals surface area contributed by atoms with Crippen molar-refractivity contribution in [2.24, 2.45) is 5.16 Å². The lowest BCUT2D eigenvalue weighted by molar-refractivity contribution is 0.0473. The van der Waals surface area contributed by atoms with Crippen LogP contribution in [0.15, 0.2) is 54.1 Å². The molecule has 2 saturated heterocycles. The standard InChI is InChI=1S/C26H28FN7O3/c27-23-12-19(34-17-21(36-26(34)35)16-33-11-8-29-31-33)5-6-22(23)18-4-7-24(28-14-18)25-13-20(37-30-25)15-32-9-2-1-3-10-32/h4-8,11-12,14,20-21H,1-3,9-10,13,15-17H2/t20-,21-/m0/s1. The molecule has 3 aromatic rings. The van der Waals surface area contributed by atoms with Gasteiger partial charge in [-0.2, -0.15) is 0 Å². The fourth-order valence-corrected chi connectivity index (χ4v) is 5.10. The van der Waals surface area contributed by atoms with Crippen LogP contribution in [0.2, 0.25) is 0 Å². The number of carbonyl (C=O) groups excluding carboxylic acids is 1. The van der Waals surface area contributed by atoms with Crippen LogP contribution in [-0.2, 0) is 16.1 Å². The molecule has 6 rings (SSSR count). The highest BCUT2D eigenvalue weighted by molar-refractivity contribution is 5.99. The molecule has 2 aromatic heterocycles. The molecular weight excluding hydrogens is 477 g/mol. The number of amides is 1. The highest BCUT2D eigenvalue weighted by Crippen LogP contribution is 2.29. The number of likely N-dealkylation sites (tertiary alicyclic amines) is 1. The van der Waals surface area contributed by atoms with Crippen molar-refractivity contribution in [2.75, 3.05) is 31.1 Å². The van der Waals surface area contributed by atoms with Crippen LogP contribution in [0.5, 0.6) is 0 Å². The number of piperidine rings is 1. The van der Waals surface area contributed by atoms with Gasteiger partial charge in [-0.3, -0.25) is 14.8 Å². The van der Waals surface area contributed by atoms with Gasteiger partial charge in [0.2, 0.25) is 0 Å². The minimum Gasteiger partial charge on any atom is -0.442 e. The first-order valence-corrected chi connectivity index (χ1v) is 12.7. The Morgan fingerprint density at radius 2 is 1.95 bits per heavy atom. The first-order valence-electron chi connectivity index (χ1n) is 12.7. The monoisotopic (exact) mass is 505 g/mol. The van der Waals surface area contributed by atoms with Crippen LogP contribution in [0.3, 0.4) is 0 Å². The largest absolute Gasteiger partial charge is 0.442 e. The minimum atomic E-state index is -0.513. The molecule has 0 radical (unpaired) electrons. The number of cyclic esters (lactones) is 1. The maximum absolute atomic E-state index is 15.1. The number of carbonyl (C=O) groups is 1. The summed E-state index contributed by atoms with van der Waals surface area (Å²) >= 11 is 0. The Balaban J connectivity index is 1.09. The second kappa shape index (κ2) is 10.3. The summed E-state index contributed by atoms with van der Waals surface area (Å²) in [5.41, 5.74) is 3.04. The number of hydrogen-bond donors (Lipinski definition) is 0. The summed E-state index contributed by atoms with van der Waals surface area (Å²) in [5, 5.41) is 11.9. The second-order valence-electron chi connectivity index (χ2n) is 9.67. The van der Waals surface area contributed by atoms with Crippen molar-refractivity contribution in [3.05, 3.63) is 60.4 Å². The van der Waals surface area contributed by atoms with Gasteiger partial charge in [0, 0.05) is 36.5 Å². The van der Waals surface area contributed by atoms with Crippen molar-refractivity contribution in [1.82, 2.24) is 24.9 Å². The lowest BCUT2D eigenvalue weighted by Gasteiger charge is -2.27. The van der Waals surface area contributed by atoms with E-state index in [9.17, 15) is 4.79 Å². The normalized spacial score (nSPS) is 22.1. The Kier molecular flexibility index (Phi) is 6.52. The predicted octanol–water partition coefficient (Wildman–Crippen LogP) is 3.48. The number of oxime groups is 1. The zero-order valence-electron chi connectivity index (χ0n) is 20.4. The van der Waals surface area contributed by atoms with Gasteiger partial charge in [0.1, 0.15) is 23.7 Å². The smallest absolute Gasteiger partial charge is 0.414 e. The topological polar surface area (TPSA) is 98.0 Å². The molecule has 11 heteroatoms. The van der Waals surface area contributed by atoms with E-state index in [-0.39, 0.29) is 6.10 Å². The summed E-state index contributed by atoms with van der Waals surface area (Å²) in [6.45, 7) is 3.81. The van der Waals surface area contributed by atoms with E-state index in [0.29, 0.717) is 29.9 Å². The van der Waals surface area contributed by atoms with Gasteiger partial charge < -0.3 is 9.57 Å². The molecule has 5 heterocycles. The van der Waals surface area contributed by atoms with Gasteiger partial charge in [0.25, 0.3) is 0 Å². The number of halogens is 1. The zero-order valence-corrected chi connectivity index (χ0v) is 20.4. The molecule has 0 aliphatic carbocycles. The second-order valence-corrected chi connectivity index (χ2v) is 9.67. The fraction of sp³-hybridized carbons (Fsp3) is 0.423. The molecule has 192 valence electrons. The molecule has 10 nitrogen and oxygen atoms in total. The summed E-state index contributed by atoms with van der Waals surface area (Å²) in [6, 6.07) is 8.40. The number of nitrogens with zero attached hydrogens (tertiary/aromatic N) is 7. The van der Waals surface area contributed by atoms with Crippen molar-refractivity contribution < 1.29 is 18.8 Å². The van der Waals surface area contributed by atoms with Crippen LogP contribution in [0.25, 0.3) is 11.1 Å². The van der Waals surface area contributed by atoms with Gasteiger partial charge in [-0.25, -0.2) is 13.9 Å². The Bertz CT molecular complexity index is 1280. The molecule has 3 aliphatic heterocycles. The number of pyridine rings is 1. The summed E-state index contributed by atoms with van der Waals surface area (Å²) in [5.74, 6) is -0.442. The van der Waals surface area contributed by atoms with Gasteiger partial charge in [-0.15, -0.1) is 5.10 Å². The number of anilines is 1. The van der Waals surface area contributed by atoms with Gasteiger partial charge >= 0.3 is 6.09 Å². The molecule has 0 unspecified atom stereocenters. The molecule has 2 fully saturated rings. The van der Waals surface area contributed by atoms with E-state index in [1.54, 1.807) is 35.4 Å². The average molecular weight is 506 g/mol. The SMILES string of the molecule is O=C1O[C@@H](Cn2ccnn2)CN1c1ccc(-c2ccc(C3=NO[C@H](CN4CCCCC4)C3)nc2)c(F)c1. The first kappa shape index (κ1) is 23.5. The van der Waals surface area contributed by atoms with E-state index in [4.69, 9.17) is 9.57 Å². The number of hydrogen-bond acceptors (Lipinski definition) is 8. The van der Waals surface area contributed by atoms with E-state index in [0.717, 1.165) is 37.5 Å². The third-order valence-electron chi connectivity index (χ3n) is 7.01. The minimum absolute atomic E-state index is 0.0488. The Hall–Kier alpha value is -3.86. The van der Waals surface area contributed by atoms with Crippen LogP contribution in [-0.4, -0.2) is 75.1 Å². The van der Waals surface area contributed by atoms with Gasteiger partial charge in [0.15, 0.2) is 0 Å². The highest BCUT2D eigenvalue weighted by atomic mass is 19.1. The number of benzene rings is 1. The predicted molar refractivity (Wildman–Crippen MR) is 134 cm³/mol. The number of rotatable bonds is 7. The number of ether oxygens (including phenoxy) is 1. The van der Waals surface area contributed by atoms with Crippen molar-refractivity contribution in [1.29, 1.82) is 0 Å². The maximum Gasteiger partial charge on any atom is 0.414 e. The van der Waals surface area contributed by atoms with Crippen molar-refractivity contribution in [2.45, 2.75) is 44.4 Å². The maximum atomic E-state index is 15.1. The van der Waals surface area contributed by atoms with Crippen molar-refractivity contribution in [3.8, 4) is 11.1 Å². The Morgan fingerprint density at radius 1 is 1.05 bits per heavy atom. The van der Waals surface area contributed by atoms with E-state index in [1.807, 2.05) is 12.1 Å². The number of aromatic nitrogens is 4. The molecule has 0 spiro atoms. The van der Waals surface area contributed by atoms with Gasteiger partial charge in [0.05, 0.1) is 30.7 Å². The summed E-state index contributed by atoms with van der Waals surface area (Å²) in [7, 11) is 0. The zero-order chi connectivity index (χ0) is 25.2. The van der Waals surface area contributed by atoms with Gasteiger partial charge in [-0.05, 0) is 50.2 Å². The first-order chi connectivity index (χ1) is 18.1. The third-order valence-corrected chi connectivity index (χ3v) is 7.01. The summed E-state index contributed by atoms with van der Waals surface area (Å²) < 4.78 is 22.1. The molecule has 37 heavy (non-hydrogen) atoms. The molecule has 0 N–H and O–H groups in total. The van der Waals surface area contributed by atoms with Crippen LogP contribution < -0.4 is 4.90 Å². The van der Waals surface area contributed by atoms with E-state index in [1.165, 1.54) is 30.2 Å². The summed E-state index contributed by atoms with van der Waals surface area (Å²) in [4.78, 5) is 26.4. The van der Waals surface area contributed by atoms with E-state index in [2.05, 4.69) is 25.4 Å². The quantitative estimate of drug-likeness (QED) is 0.485. The highest BCUT2D eigenvalue weighted by Gasteiger charge is 2.33. The average Bonchev–Trinajstić information content (AvgIpc) is 3.67. The Labute approximate surface area is 213 Å². The van der Waals surface area contributed by atoms with Crippen molar-refractivity contribution in [3.63, 3.8) is 0 Å². The van der Waals surface area contributed by atoms with E-state index >= 15 is 4.39 Å². The van der Waals surface area contributed by atoms with Crippen LogP contribution in [0, 0.1) is 5.82 Å². The van der Waals surface area contributed by atoms with Crippen molar-refractivity contribution >= 4 is 17.5 Å². The molecule has 2 atom stereocenters.